The smallest absolute Gasteiger partial charge is 0.308 e. The fourth-order valence-electron chi connectivity index (χ4n) is 3.17. The van der Waals surface area contributed by atoms with Crippen molar-refractivity contribution < 1.29 is 19.1 Å². The lowest BCUT2D eigenvalue weighted by Gasteiger charge is -2.20. The van der Waals surface area contributed by atoms with Crippen molar-refractivity contribution in [3.05, 3.63) is 96.0 Å². The van der Waals surface area contributed by atoms with E-state index in [1.807, 2.05) is 67.6 Å². The second kappa shape index (κ2) is 10.9. The lowest BCUT2D eigenvalue weighted by atomic mass is 9.96. The Morgan fingerprint density at radius 3 is 2.35 bits per heavy atom. The molecule has 3 N–H and O–H groups in total. The first-order valence-corrected chi connectivity index (χ1v) is 10.2. The molecule has 6 heteroatoms. The molecule has 3 aromatic rings. The largest absolute Gasteiger partial charge is 0.481 e. The van der Waals surface area contributed by atoms with Crippen LogP contribution < -0.4 is 10.6 Å². The van der Waals surface area contributed by atoms with Gasteiger partial charge in [-0.15, -0.1) is 0 Å². The molecule has 0 bridgehead atoms. The summed E-state index contributed by atoms with van der Waals surface area (Å²) in [5.41, 5.74) is 1.75. The van der Waals surface area contributed by atoms with Crippen LogP contribution in [0.15, 0.2) is 83.3 Å². The van der Waals surface area contributed by atoms with Gasteiger partial charge in [0.15, 0.2) is 5.76 Å². The van der Waals surface area contributed by atoms with Gasteiger partial charge in [-0.05, 0) is 36.8 Å². The van der Waals surface area contributed by atoms with Crippen molar-refractivity contribution in [1.82, 2.24) is 5.32 Å². The zero-order valence-electron chi connectivity index (χ0n) is 17.3. The molecule has 0 aliphatic carbocycles. The number of carbonyl (C=O) groups excluding carboxylic acids is 1. The van der Waals surface area contributed by atoms with Gasteiger partial charge in [-0.2, -0.15) is 0 Å². The van der Waals surface area contributed by atoms with E-state index in [1.165, 1.54) is 0 Å². The summed E-state index contributed by atoms with van der Waals surface area (Å²) in [4.78, 5) is 24.1. The van der Waals surface area contributed by atoms with Gasteiger partial charge >= 0.3 is 5.97 Å². The summed E-state index contributed by atoms with van der Waals surface area (Å²) in [7, 11) is 0. The number of hydrogen-bond donors (Lipinski definition) is 3. The summed E-state index contributed by atoms with van der Waals surface area (Å²) < 4.78 is 5.61. The third-order valence-corrected chi connectivity index (χ3v) is 4.93. The average Bonchev–Trinajstić information content (AvgIpc) is 3.25. The molecule has 2 aromatic carbocycles. The van der Waals surface area contributed by atoms with E-state index in [0.29, 0.717) is 18.0 Å². The van der Waals surface area contributed by atoms with Crippen molar-refractivity contribution in [2.24, 2.45) is 5.92 Å². The average molecular weight is 418 g/mol. The molecule has 0 fully saturated rings. The highest BCUT2D eigenvalue weighted by Gasteiger charge is 2.26. The quantitative estimate of drug-likeness (QED) is 0.452. The Balaban J connectivity index is 1.55. The summed E-state index contributed by atoms with van der Waals surface area (Å²) in [6.07, 6.45) is 4.13. The molecule has 6 nitrogen and oxygen atoms in total. The van der Waals surface area contributed by atoms with E-state index in [0.717, 1.165) is 5.56 Å². The molecule has 1 amide bonds. The minimum absolute atomic E-state index is 0.148. The fraction of sp³-hybridized carbons (Fsp3) is 0.200. The molecule has 160 valence electrons. The summed E-state index contributed by atoms with van der Waals surface area (Å²) >= 11 is 0. The normalized spacial score (nSPS) is 13.1. The minimum Gasteiger partial charge on any atom is -0.481 e. The Hall–Kier alpha value is -3.64. The molecule has 0 aliphatic heterocycles. The summed E-state index contributed by atoms with van der Waals surface area (Å²) in [6.45, 7) is 2.38. The highest BCUT2D eigenvalue weighted by Crippen LogP contribution is 2.18. The van der Waals surface area contributed by atoms with E-state index in [-0.39, 0.29) is 24.1 Å². The number of rotatable bonds is 10. The van der Waals surface area contributed by atoms with E-state index >= 15 is 0 Å². The zero-order chi connectivity index (χ0) is 22.1. The van der Waals surface area contributed by atoms with Crippen LogP contribution in [0.4, 0.5) is 5.69 Å². The van der Waals surface area contributed by atoms with Crippen molar-refractivity contribution in [2.45, 2.75) is 19.4 Å². The maximum Gasteiger partial charge on any atom is 0.308 e. The fourth-order valence-corrected chi connectivity index (χ4v) is 3.17. The van der Waals surface area contributed by atoms with E-state index in [4.69, 9.17) is 4.42 Å². The summed E-state index contributed by atoms with van der Waals surface area (Å²) in [5, 5.41) is 15.6. The van der Waals surface area contributed by atoms with Gasteiger partial charge in [-0.1, -0.05) is 60.7 Å². The van der Waals surface area contributed by atoms with Gasteiger partial charge in [0.2, 0.25) is 0 Å². The number of anilines is 1. The number of para-hydroxylation sites is 1. The summed E-state index contributed by atoms with van der Waals surface area (Å²) in [5.74, 6) is -1.38. The Morgan fingerprint density at radius 2 is 1.68 bits per heavy atom. The number of carboxylic acid groups (broad SMARTS) is 1. The van der Waals surface area contributed by atoms with E-state index in [2.05, 4.69) is 10.6 Å². The number of carbonyl (C=O) groups is 2. The van der Waals surface area contributed by atoms with Crippen LogP contribution in [0.5, 0.6) is 0 Å². The second-order valence-corrected chi connectivity index (χ2v) is 7.24. The maximum atomic E-state index is 12.3. The first-order chi connectivity index (χ1) is 15.0. The van der Waals surface area contributed by atoms with Crippen LogP contribution in [-0.4, -0.2) is 29.6 Å². The van der Waals surface area contributed by atoms with Gasteiger partial charge in [-0.3, -0.25) is 9.59 Å². The van der Waals surface area contributed by atoms with Gasteiger partial charge in [-0.25, -0.2) is 0 Å². The highest BCUT2D eigenvalue weighted by atomic mass is 16.4. The predicted molar refractivity (Wildman–Crippen MR) is 121 cm³/mol. The van der Waals surface area contributed by atoms with Crippen LogP contribution in [0.2, 0.25) is 0 Å². The standard InChI is InChI=1S/C25H26N2O4/c1-18(26-16-8-11-19-9-4-2-5-10-19)22(25(29)30)17-21-14-15-23(31-21)24(28)27-20-12-6-3-7-13-20/h2-15,18,22,26H,16-17H2,1H3,(H,27,28)(H,29,30). The first-order valence-electron chi connectivity index (χ1n) is 10.2. The first kappa shape index (κ1) is 22.1. The van der Waals surface area contributed by atoms with Crippen molar-refractivity contribution in [2.75, 3.05) is 11.9 Å². The lowest BCUT2D eigenvalue weighted by Crippen LogP contribution is -2.39. The number of furan rings is 1. The van der Waals surface area contributed by atoms with Crippen LogP contribution in [0.3, 0.4) is 0 Å². The van der Waals surface area contributed by atoms with Crippen LogP contribution in [0, 0.1) is 5.92 Å². The van der Waals surface area contributed by atoms with Crippen LogP contribution >= 0.6 is 0 Å². The molecular weight excluding hydrogens is 392 g/mol. The third kappa shape index (κ3) is 6.69. The zero-order valence-corrected chi connectivity index (χ0v) is 17.3. The monoisotopic (exact) mass is 418 g/mol. The van der Waals surface area contributed by atoms with Gasteiger partial charge < -0.3 is 20.2 Å². The number of nitrogens with one attached hydrogen (secondary N) is 2. The second-order valence-electron chi connectivity index (χ2n) is 7.24. The molecule has 0 radical (unpaired) electrons. The molecule has 0 aliphatic rings. The molecule has 2 unspecified atom stereocenters. The van der Waals surface area contributed by atoms with Gasteiger partial charge in [0.1, 0.15) is 5.76 Å². The molecular formula is C25H26N2O4. The van der Waals surface area contributed by atoms with Gasteiger partial charge in [0.05, 0.1) is 5.92 Å². The third-order valence-electron chi connectivity index (χ3n) is 4.93. The molecule has 0 saturated heterocycles. The van der Waals surface area contributed by atoms with E-state index in [1.54, 1.807) is 24.3 Å². The minimum atomic E-state index is -0.918. The molecule has 3 rings (SSSR count). The number of carboxylic acids is 1. The Morgan fingerprint density at radius 1 is 1.00 bits per heavy atom. The molecule has 1 heterocycles. The highest BCUT2D eigenvalue weighted by molar-refractivity contribution is 6.02. The molecule has 31 heavy (non-hydrogen) atoms. The topological polar surface area (TPSA) is 91.6 Å². The molecule has 2 atom stereocenters. The van der Waals surface area contributed by atoms with Gasteiger partial charge in [0.25, 0.3) is 5.91 Å². The van der Waals surface area contributed by atoms with Crippen LogP contribution in [0.25, 0.3) is 6.08 Å². The predicted octanol–water partition coefficient (Wildman–Crippen LogP) is 4.47. The SMILES string of the molecule is CC(NCC=Cc1ccccc1)C(Cc1ccc(C(=O)Nc2ccccc2)o1)C(=O)O. The molecule has 0 spiro atoms. The van der Waals surface area contributed by atoms with E-state index in [9.17, 15) is 14.7 Å². The Kier molecular flexibility index (Phi) is 7.79. The number of hydrogen-bond acceptors (Lipinski definition) is 4. The number of benzene rings is 2. The van der Waals surface area contributed by atoms with Crippen molar-refractivity contribution in [3.63, 3.8) is 0 Å². The van der Waals surface area contributed by atoms with Crippen molar-refractivity contribution in [1.29, 1.82) is 0 Å². The Labute approximate surface area is 181 Å². The van der Waals surface area contributed by atoms with Gasteiger partial charge in [0, 0.05) is 24.7 Å². The van der Waals surface area contributed by atoms with Crippen LogP contribution in [0.1, 0.15) is 28.8 Å². The molecule has 1 aromatic heterocycles. The number of amides is 1. The summed E-state index contributed by atoms with van der Waals surface area (Å²) in [6, 6.07) is 21.9. The Bertz CT molecular complexity index is 1010. The van der Waals surface area contributed by atoms with E-state index < -0.39 is 11.9 Å². The number of aliphatic carboxylic acids is 1. The van der Waals surface area contributed by atoms with Crippen LogP contribution in [-0.2, 0) is 11.2 Å². The molecule has 0 saturated carbocycles. The maximum absolute atomic E-state index is 12.3. The van der Waals surface area contributed by atoms with Crippen molar-refractivity contribution in [3.8, 4) is 0 Å². The van der Waals surface area contributed by atoms with Crippen molar-refractivity contribution >= 4 is 23.6 Å². The lowest BCUT2D eigenvalue weighted by molar-refractivity contribution is -0.142.